The zero-order valence-corrected chi connectivity index (χ0v) is 17.4. The summed E-state index contributed by atoms with van der Waals surface area (Å²) in [5.41, 5.74) is 7.72. The molecule has 7 heteroatoms. The highest BCUT2D eigenvalue weighted by atomic mass is 16.6. The van der Waals surface area contributed by atoms with E-state index in [0.717, 1.165) is 24.2 Å². The van der Waals surface area contributed by atoms with Crippen LogP contribution >= 0.6 is 0 Å². The third-order valence-electron chi connectivity index (χ3n) is 4.14. The van der Waals surface area contributed by atoms with E-state index in [2.05, 4.69) is 17.2 Å². The number of hydrogen-bond acceptors (Lipinski definition) is 6. The number of rotatable bonds is 4. The summed E-state index contributed by atoms with van der Waals surface area (Å²) in [4.78, 5) is 18.9. The van der Waals surface area contributed by atoms with E-state index in [4.69, 9.17) is 15.2 Å². The zero-order valence-electron chi connectivity index (χ0n) is 17.4. The fourth-order valence-electron chi connectivity index (χ4n) is 3.00. The molecule has 1 aliphatic heterocycles. The maximum absolute atomic E-state index is 12.2. The second-order valence-corrected chi connectivity index (χ2v) is 7.95. The van der Waals surface area contributed by atoms with Crippen LogP contribution in [0.5, 0.6) is 11.5 Å². The first-order valence-corrected chi connectivity index (χ1v) is 9.73. The molecule has 0 atom stereocenters. The molecule has 3 rings (SSSR count). The van der Waals surface area contributed by atoms with Crippen molar-refractivity contribution in [2.75, 3.05) is 12.3 Å². The molecule has 0 saturated carbocycles. The molecule has 0 aromatic heterocycles. The highest BCUT2D eigenvalue weighted by Gasteiger charge is 2.24. The molecule has 0 spiro atoms. The second-order valence-electron chi connectivity index (χ2n) is 7.95. The number of nitrogens with one attached hydrogen (secondary N) is 1. The molecule has 2 aromatic carbocycles. The van der Waals surface area contributed by atoms with E-state index in [1.54, 1.807) is 6.07 Å². The number of carbonyl (C=O) groups excluding carboxylic acids is 1. The average molecular weight is 396 g/mol. The summed E-state index contributed by atoms with van der Waals surface area (Å²) in [6.07, 6.45) is 0.409. The lowest BCUT2D eigenvalue weighted by Crippen LogP contribution is -2.47. The number of nitrogens with zero attached hydrogens (tertiary/aromatic N) is 2. The molecule has 1 aliphatic rings. The fraction of sp³-hybridized carbons (Fsp3) is 0.364. The number of fused-ring (bicyclic) bond motifs is 1. The van der Waals surface area contributed by atoms with Crippen molar-refractivity contribution in [2.24, 2.45) is 4.99 Å². The lowest BCUT2D eigenvalue weighted by molar-refractivity contribution is 0.0555. The minimum Gasteiger partial charge on any atom is -0.457 e. The number of amides is 1. The molecule has 1 amide bonds. The topological polar surface area (TPSA) is 89.2 Å². The Morgan fingerprint density at radius 2 is 1.97 bits per heavy atom. The van der Waals surface area contributed by atoms with Crippen LogP contribution in [-0.2, 0) is 11.3 Å². The molecule has 7 nitrogen and oxygen atoms in total. The molecular weight excluding hydrogens is 368 g/mol. The first-order chi connectivity index (χ1) is 13.7. The summed E-state index contributed by atoms with van der Waals surface area (Å²) in [6, 6.07) is 13.0. The Bertz CT molecular complexity index is 919. The molecule has 0 saturated heterocycles. The van der Waals surface area contributed by atoms with E-state index >= 15 is 0 Å². The van der Waals surface area contributed by atoms with Gasteiger partial charge in [0.15, 0.2) is 0 Å². The number of benzene rings is 2. The number of nitrogens with two attached hydrogens (primary N) is 1. The number of aliphatic imine (C=N–C) groups is 1. The largest absolute Gasteiger partial charge is 0.457 e. The van der Waals surface area contributed by atoms with Crippen molar-refractivity contribution in [3.05, 3.63) is 48.0 Å². The number of hydrogen-bond donors (Lipinski definition) is 2. The van der Waals surface area contributed by atoms with Gasteiger partial charge in [-0.2, -0.15) is 0 Å². The molecule has 0 aliphatic carbocycles. The first-order valence-electron chi connectivity index (χ1n) is 9.73. The molecule has 0 fully saturated rings. The molecule has 3 N–H and O–H groups in total. The van der Waals surface area contributed by atoms with Crippen LogP contribution in [0.1, 0.15) is 39.7 Å². The summed E-state index contributed by atoms with van der Waals surface area (Å²) in [5, 5.41) is 2.78. The van der Waals surface area contributed by atoms with Gasteiger partial charge in [-0.15, -0.1) is 0 Å². The van der Waals surface area contributed by atoms with Crippen LogP contribution in [0.4, 0.5) is 16.2 Å². The van der Waals surface area contributed by atoms with Gasteiger partial charge in [0.25, 0.3) is 0 Å². The van der Waals surface area contributed by atoms with E-state index in [-0.39, 0.29) is 0 Å². The smallest absolute Gasteiger partial charge is 0.414 e. The van der Waals surface area contributed by atoms with E-state index < -0.39 is 11.7 Å². The Hall–Kier alpha value is -3.22. The Balaban J connectivity index is 1.81. The SMILES string of the molecule is CCCN1Cc2cc(Oc3cccc(N)c3)ccc2N=C1NC(=O)OC(C)(C)C. The van der Waals surface area contributed by atoms with Gasteiger partial charge < -0.3 is 20.1 Å². The Kier molecular flexibility index (Phi) is 5.96. The maximum atomic E-state index is 12.2. The van der Waals surface area contributed by atoms with Crippen molar-refractivity contribution in [3.8, 4) is 11.5 Å². The van der Waals surface area contributed by atoms with Gasteiger partial charge in [-0.3, -0.25) is 5.32 Å². The monoisotopic (exact) mass is 396 g/mol. The average Bonchev–Trinajstić information content (AvgIpc) is 2.61. The van der Waals surface area contributed by atoms with Crippen molar-refractivity contribution >= 4 is 23.4 Å². The van der Waals surface area contributed by atoms with Gasteiger partial charge in [0, 0.05) is 30.4 Å². The molecule has 0 unspecified atom stereocenters. The summed E-state index contributed by atoms with van der Waals surface area (Å²) in [5.74, 6) is 1.89. The number of nitrogen functional groups attached to an aromatic ring is 1. The molecular formula is C22H28N4O3. The zero-order chi connectivity index (χ0) is 21.0. The lowest BCUT2D eigenvalue weighted by atomic mass is 10.1. The van der Waals surface area contributed by atoms with Gasteiger partial charge in [-0.05, 0) is 57.5 Å². The van der Waals surface area contributed by atoms with Crippen LogP contribution in [0.3, 0.4) is 0 Å². The minimum atomic E-state index is -0.570. The van der Waals surface area contributed by atoms with Crippen molar-refractivity contribution in [3.63, 3.8) is 0 Å². The van der Waals surface area contributed by atoms with E-state index in [9.17, 15) is 4.79 Å². The van der Waals surface area contributed by atoms with Crippen LogP contribution in [0, 0.1) is 0 Å². The van der Waals surface area contributed by atoms with Crippen molar-refractivity contribution in [1.82, 2.24) is 10.2 Å². The predicted octanol–water partition coefficient (Wildman–Crippen LogP) is 4.80. The second kappa shape index (κ2) is 8.43. The standard InChI is InChI=1S/C22H28N4O3/c1-5-11-26-14-15-12-18(28-17-8-6-7-16(23)13-17)9-10-19(15)24-20(26)25-21(27)29-22(2,3)4/h6-10,12-13H,5,11,14,23H2,1-4H3,(H,24,25,27). The van der Waals surface area contributed by atoms with Gasteiger partial charge in [-0.1, -0.05) is 13.0 Å². The predicted molar refractivity (Wildman–Crippen MR) is 115 cm³/mol. The maximum Gasteiger partial charge on any atom is 0.414 e. The van der Waals surface area contributed by atoms with E-state index in [0.29, 0.717) is 29.7 Å². The van der Waals surface area contributed by atoms with Crippen LogP contribution in [0.15, 0.2) is 47.5 Å². The molecule has 2 aromatic rings. The van der Waals surface area contributed by atoms with Crippen LogP contribution < -0.4 is 15.8 Å². The Labute approximate surface area is 171 Å². The van der Waals surface area contributed by atoms with Gasteiger partial charge in [-0.25, -0.2) is 9.79 Å². The Morgan fingerprint density at radius 3 is 2.66 bits per heavy atom. The van der Waals surface area contributed by atoms with Gasteiger partial charge in [0.2, 0.25) is 5.96 Å². The molecule has 0 bridgehead atoms. The van der Waals surface area contributed by atoms with Gasteiger partial charge in [0.1, 0.15) is 17.1 Å². The van der Waals surface area contributed by atoms with Crippen molar-refractivity contribution in [1.29, 1.82) is 0 Å². The first kappa shape index (κ1) is 20.5. The quantitative estimate of drug-likeness (QED) is 0.725. The summed E-state index contributed by atoms with van der Waals surface area (Å²) in [6.45, 7) is 8.95. The van der Waals surface area contributed by atoms with Crippen molar-refractivity contribution < 1.29 is 14.3 Å². The highest BCUT2D eigenvalue weighted by Crippen LogP contribution is 2.32. The van der Waals surface area contributed by atoms with Crippen molar-refractivity contribution in [2.45, 2.75) is 46.3 Å². The number of guanidine groups is 1. The third-order valence-corrected chi connectivity index (χ3v) is 4.14. The van der Waals surface area contributed by atoms with Gasteiger partial charge >= 0.3 is 6.09 Å². The molecule has 29 heavy (non-hydrogen) atoms. The Morgan fingerprint density at radius 1 is 1.21 bits per heavy atom. The van der Waals surface area contributed by atoms with Crippen LogP contribution in [-0.4, -0.2) is 29.1 Å². The van der Waals surface area contributed by atoms with E-state index in [1.807, 2.05) is 62.1 Å². The minimum absolute atomic E-state index is 0.498. The number of alkyl carbamates (subject to hydrolysis) is 1. The third kappa shape index (κ3) is 5.63. The molecule has 1 heterocycles. The number of anilines is 1. The lowest BCUT2D eigenvalue weighted by Gasteiger charge is -2.31. The fourth-order valence-corrected chi connectivity index (χ4v) is 3.00. The number of carbonyl (C=O) groups is 1. The molecule has 154 valence electrons. The summed E-state index contributed by atoms with van der Waals surface area (Å²) in [7, 11) is 0. The highest BCUT2D eigenvalue weighted by molar-refractivity contribution is 5.96. The number of ether oxygens (including phenoxy) is 2. The summed E-state index contributed by atoms with van der Waals surface area (Å²) < 4.78 is 11.3. The summed E-state index contributed by atoms with van der Waals surface area (Å²) >= 11 is 0. The molecule has 0 radical (unpaired) electrons. The van der Waals surface area contributed by atoms with Gasteiger partial charge in [0.05, 0.1) is 5.69 Å². The van der Waals surface area contributed by atoms with E-state index in [1.165, 1.54) is 0 Å². The normalized spacial score (nSPS) is 13.4. The van der Waals surface area contributed by atoms with Crippen LogP contribution in [0.25, 0.3) is 0 Å². The van der Waals surface area contributed by atoms with Crippen LogP contribution in [0.2, 0.25) is 0 Å².